The van der Waals surface area contributed by atoms with Gasteiger partial charge in [0.25, 0.3) is 0 Å². The number of amides is 2. The molecule has 34 heavy (non-hydrogen) atoms. The quantitative estimate of drug-likeness (QED) is 0.392. The molecule has 1 aliphatic carbocycles. The molecule has 1 aliphatic rings. The normalized spacial score (nSPS) is 12.9. The van der Waals surface area contributed by atoms with Crippen LogP contribution in [0.15, 0.2) is 71.2 Å². The molecule has 1 unspecified atom stereocenters. The second-order valence-corrected chi connectivity index (χ2v) is 8.95. The van der Waals surface area contributed by atoms with Gasteiger partial charge < -0.3 is 20.5 Å². The monoisotopic (exact) mass is 522 g/mol. The standard InChI is InChI=1S/C26H23BrN2O5/c1-15(24(30)29-23-12-16(25(31)32)10-11-22(23)27)13-28-26(33)34-14-21-19-8-4-2-6-17(19)18-7-3-5-9-20(18)21/h2-12,15,21H,13-14H2,1H3,(H,28,33)(H,29,30)(H,31,32). The highest BCUT2D eigenvalue weighted by molar-refractivity contribution is 9.10. The van der Waals surface area contributed by atoms with Crippen molar-refractivity contribution < 1.29 is 24.2 Å². The van der Waals surface area contributed by atoms with E-state index in [1.165, 1.54) is 12.1 Å². The summed E-state index contributed by atoms with van der Waals surface area (Å²) in [7, 11) is 0. The van der Waals surface area contributed by atoms with Gasteiger partial charge in [-0.3, -0.25) is 4.79 Å². The van der Waals surface area contributed by atoms with E-state index in [9.17, 15) is 14.4 Å². The number of hydrogen-bond acceptors (Lipinski definition) is 4. The number of carbonyl (C=O) groups is 3. The summed E-state index contributed by atoms with van der Waals surface area (Å²) in [5.74, 6) is -2.06. The lowest BCUT2D eigenvalue weighted by Crippen LogP contribution is -2.35. The van der Waals surface area contributed by atoms with Crippen LogP contribution >= 0.6 is 15.9 Å². The number of nitrogens with one attached hydrogen (secondary N) is 2. The number of anilines is 1. The van der Waals surface area contributed by atoms with E-state index in [2.05, 4.69) is 38.7 Å². The van der Waals surface area contributed by atoms with Crippen LogP contribution in [0, 0.1) is 5.92 Å². The number of carbonyl (C=O) groups excluding carboxylic acids is 2. The third-order valence-corrected chi connectivity index (χ3v) is 6.51. The lowest BCUT2D eigenvalue weighted by atomic mass is 9.98. The van der Waals surface area contributed by atoms with Crippen LogP contribution in [0.1, 0.15) is 34.3 Å². The van der Waals surface area contributed by atoms with Crippen LogP contribution < -0.4 is 10.6 Å². The first kappa shape index (κ1) is 23.5. The molecule has 174 valence electrons. The molecule has 2 amide bonds. The summed E-state index contributed by atoms with van der Waals surface area (Å²) >= 11 is 3.30. The van der Waals surface area contributed by atoms with Crippen molar-refractivity contribution in [3.05, 3.63) is 87.9 Å². The van der Waals surface area contributed by atoms with Crippen LogP contribution in [0.25, 0.3) is 11.1 Å². The molecule has 0 saturated heterocycles. The van der Waals surface area contributed by atoms with Crippen molar-refractivity contribution in [1.29, 1.82) is 0 Å². The summed E-state index contributed by atoms with van der Waals surface area (Å²) in [6.45, 7) is 1.92. The fraction of sp³-hybridized carbons (Fsp3) is 0.192. The molecule has 0 aromatic heterocycles. The smallest absolute Gasteiger partial charge is 0.407 e. The molecule has 0 fully saturated rings. The van der Waals surface area contributed by atoms with Crippen molar-refractivity contribution in [3.63, 3.8) is 0 Å². The summed E-state index contributed by atoms with van der Waals surface area (Å²) in [6, 6.07) is 20.5. The van der Waals surface area contributed by atoms with E-state index in [0.29, 0.717) is 10.2 Å². The molecule has 0 aliphatic heterocycles. The van der Waals surface area contributed by atoms with E-state index in [1.807, 2.05) is 36.4 Å². The summed E-state index contributed by atoms with van der Waals surface area (Å²) in [5, 5.41) is 14.5. The van der Waals surface area contributed by atoms with E-state index in [1.54, 1.807) is 13.0 Å². The molecule has 0 saturated carbocycles. The SMILES string of the molecule is CC(CNC(=O)OCC1c2ccccc2-c2ccccc21)C(=O)Nc1cc(C(=O)O)ccc1Br. The van der Waals surface area contributed by atoms with Gasteiger partial charge in [-0.05, 0) is 56.4 Å². The van der Waals surface area contributed by atoms with Gasteiger partial charge in [0.05, 0.1) is 17.2 Å². The molecule has 4 rings (SSSR count). The number of hydrogen-bond donors (Lipinski definition) is 3. The number of carboxylic acids is 1. The molecule has 0 heterocycles. The summed E-state index contributed by atoms with van der Waals surface area (Å²) in [4.78, 5) is 36.0. The second-order valence-electron chi connectivity index (χ2n) is 8.10. The number of fused-ring (bicyclic) bond motifs is 3. The maximum Gasteiger partial charge on any atom is 0.407 e. The van der Waals surface area contributed by atoms with Gasteiger partial charge in [-0.1, -0.05) is 55.5 Å². The number of carboxylic acid groups (broad SMARTS) is 1. The minimum Gasteiger partial charge on any atom is -0.478 e. The van der Waals surface area contributed by atoms with Crippen LogP contribution in [0.5, 0.6) is 0 Å². The molecular weight excluding hydrogens is 500 g/mol. The van der Waals surface area contributed by atoms with Gasteiger partial charge >= 0.3 is 12.1 Å². The van der Waals surface area contributed by atoms with Crippen molar-refractivity contribution in [2.24, 2.45) is 5.92 Å². The van der Waals surface area contributed by atoms with Crippen molar-refractivity contribution in [2.75, 3.05) is 18.5 Å². The molecule has 0 radical (unpaired) electrons. The first-order valence-corrected chi connectivity index (χ1v) is 11.6. The lowest BCUT2D eigenvalue weighted by Gasteiger charge is -2.16. The van der Waals surface area contributed by atoms with E-state index >= 15 is 0 Å². The average Bonchev–Trinajstić information content (AvgIpc) is 3.16. The van der Waals surface area contributed by atoms with Crippen molar-refractivity contribution in [2.45, 2.75) is 12.8 Å². The number of ether oxygens (including phenoxy) is 1. The lowest BCUT2D eigenvalue weighted by molar-refractivity contribution is -0.119. The van der Waals surface area contributed by atoms with E-state index in [-0.39, 0.29) is 30.5 Å². The Kier molecular flexibility index (Phi) is 6.98. The maximum atomic E-state index is 12.5. The molecule has 0 bridgehead atoms. The highest BCUT2D eigenvalue weighted by atomic mass is 79.9. The third kappa shape index (κ3) is 4.97. The molecule has 8 heteroatoms. The highest BCUT2D eigenvalue weighted by Gasteiger charge is 2.29. The second kappa shape index (κ2) is 10.1. The van der Waals surface area contributed by atoms with Crippen LogP contribution in [-0.2, 0) is 9.53 Å². The fourth-order valence-corrected chi connectivity index (χ4v) is 4.33. The zero-order valence-electron chi connectivity index (χ0n) is 18.4. The number of rotatable bonds is 7. The molecule has 0 spiro atoms. The summed E-state index contributed by atoms with van der Waals surface area (Å²) in [6.07, 6.45) is -0.601. The third-order valence-electron chi connectivity index (χ3n) is 5.82. The first-order valence-electron chi connectivity index (χ1n) is 10.8. The predicted molar refractivity (Wildman–Crippen MR) is 132 cm³/mol. The fourth-order valence-electron chi connectivity index (χ4n) is 3.99. The van der Waals surface area contributed by atoms with Crippen molar-refractivity contribution >= 4 is 39.6 Å². The van der Waals surface area contributed by atoms with Crippen LogP contribution in [0.3, 0.4) is 0 Å². The Morgan fingerprint density at radius 1 is 1.00 bits per heavy atom. The van der Waals surface area contributed by atoms with Crippen molar-refractivity contribution in [3.8, 4) is 11.1 Å². The van der Waals surface area contributed by atoms with E-state index in [0.717, 1.165) is 22.3 Å². The Morgan fingerprint density at radius 2 is 1.62 bits per heavy atom. The number of halogens is 1. The number of alkyl carbamates (subject to hydrolysis) is 1. The molecule has 3 N–H and O–H groups in total. The van der Waals surface area contributed by atoms with E-state index in [4.69, 9.17) is 9.84 Å². The zero-order valence-corrected chi connectivity index (χ0v) is 20.0. The highest BCUT2D eigenvalue weighted by Crippen LogP contribution is 2.44. The predicted octanol–water partition coefficient (Wildman–Crippen LogP) is 5.26. The minimum atomic E-state index is -1.09. The van der Waals surface area contributed by atoms with Gasteiger partial charge in [0.1, 0.15) is 6.61 Å². The largest absolute Gasteiger partial charge is 0.478 e. The van der Waals surface area contributed by atoms with Gasteiger partial charge in [0.15, 0.2) is 0 Å². The Hall–Kier alpha value is -3.65. The molecular formula is C26H23BrN2O5. The Bertz CT molecular complexity index is 1210. The molecule has 3 aromatic carbocycles. The average molecular weight is 523 g/mol. The molecule has 3 aromatic rings. The first-order chi connectivity index (χ1) is 16.3. The van der Waals surface area contributed by atoms with Crippen LogP contribution in [-0.4, -0.2) is 36.2 Å². The molecule has 1 atom stereocenters. The summed E-state index contributed by atoms with van der Waals surface area (Å²) < 4.78 is 6.05. The topological polar surface area (TPSA) is 105 Å². The van der Waals surface area contributed by atoms with Crippen molar-refractivity contribution in [1.82, 2.24) is 5.32 Å². The van der Waals surface area contributed by atoms with Gasteiger partial charge in [0.2, 0.25) is 5.91 Å². The van der Waals surface area contributed by atoms with Crippen LogP contribution in [0.4, 0.5) is 10.5 Å². The minimum absolute atomic E-state index is 0.0438. The Labute approximate surface area is 205 Å². The Balaban J connectivity index is 1.31. The van der Waals surface area contributed by atoms with Gasteiger partial charge in [-0.15, -0.1) is 0 Å². The summed E-state index contributed by atoms with van der Waals surface area (Å²) in [5.41, 5.74) is 4.95. The number of benzene rings is 3. The Morgan fingerprint density at radius 3 is 2.24 bits per heavy atom. The maximum absolute atomic E-state index is 12.5. The number of aromatic carboxylic acids is 1. The van der Waals surface area contributed by atoms with Gasteiger partial charge in [-0.25, -0.2) is 9.59 Å². The van der Waals surface area contributed by atoms with E-state index < -0.39 is 18.0 Å². The zero-order chi connectivity index (χ0) is 24.2. The van der Waals surface area contributed by atoms with Gasteiger partial charge in [-0.2, -0.15) is 0 Å². The molecule has 7 nitrogen and oxygen atoms in total. The van der Waals surface area contributed by atoms with Crippen LogP contribution in [0.2, 0.25) is 0 Å². The van der Waals surface area contributed by atoms with Gasteiger partial charge in [0, 0.05) is 16.9 Å².